The van der Waals surface area contributed by atoms with E-state index in [-0.39, 0.29) is 0 Å². The molecular formula is C15H11NO2S3. The molecule has 4 rings (SSSR count). The first-order valence-electron chi connectivity index (χ1n) is 6.40. The van der Waals surface area contributed by atoms with Gasteiger partial charge in [0.2, 0.25) is 0 Å². The first kappa shape index (κ1) is 13.1. The Bertz CT molecular complexity index is 895. The fourth-order valence-electron chi connectivity index (χ4n) is 2.55. The second-order valence-electron chi connectivity index (χ2n) is 4.74. The van der Waals surface area contributed by atoms with Crippen LogP contribution in [0.4, 0.5) is 5.69 Å². The van der Waals surface area contributed by atoms with Gasteiger partial charge in [-0.15, -0.1) is 22.7 Å². The predicted molar refractivity (Wildman–Crippen MR) is 87.4 cm³/mol. The number of sulfonamides is 1. The third-order valence-corrected chi connectivity index (χ3v) is 7.60. The summed E-state index contributed by atoms with van der Waals surface area (Å²) in [6.07, 6.45) is 0. The van der Waals surface area contributed by atoms with E-state index in [2.05, 4.69) is 6.07 Å². The van der Waals surface area contributed by atoms with E-state index in [1.807, 2.05) is 29.6 Å². The molecule has 21 heavy (non-hydrogen) atoms. The molecule has 0 spiro atoms. The molecule has 1 aliphatic heterocycles. The maximum Gasteiger partial charge on any atom is 0.274 e. The minimum Gasteiger partial charge on any atom is -0.260 e. The van der Waals surface area contributed by atoms with Gasteiger partial charge in [0.1, 0.15) is 4.21 Å². The molecule has 3 heterocycles. The molecule has 2 aromatic heterocycles. The van der Waals surface area contributed by atoms with Crippen LogP contribution in [-0.4, -0.2) is 8.42 Å². The molecule has 0 aliphatic carbocycles. The maximum atomic E-state index is 12.9. The second-order valence-corrected chi connectivity index (χ2v) is 8.69. The summed E-state index contributed by atoms with van der Waals surface area (Å²) in [4.78, 5) is 1.02. The molecular weight excluding hydrogens is 322 g/mol. The number of thiophene rings is 2. The summed E-state index contributed by atoms with van der Waals surface area (Å²) in [5.74, 6) is 0. The van der Waals surface area contributed by atoms with Crippen LogP contribution in [0.25, 0.3) is 10.4 Å². The van der Waals surface area contributed by atoms with Crippen LogP contribution in [0.5, 0.6) is 0 Å². The van der Waals surface area contributed by atoms with Crippen molar-refractivity contribution >= 4 is 38.4 Å². The molecule has 106 valence electrons. The van der Waals surface area contributed by atoms with Crippen molar-refractivity contribution in [2.75, 3.05) is 4.31 Å². The van der Waals surface area contributed by atoms with Gasteiger partial charge in [-0.3, -0.25) is 4.31 Å². The number of benzene rings is 1. The summed E-state index contributed by atoms with van der Waals surface area (Å²) in [5.41, 5.74) is 2.97. The van der Waals surface area contributed by atoms with Crippen LogP contribution in [0.15, 0.2) is 57.4 Å². The Labute approximate surface area is 131 Å². The Morgan fingerprint density at radius 1 is 0.952 bits per heavy atom. The molecule has 6 heteroatoms. The largest absolute Gasteiger partial charge is 0.274 e. The number of anilines is 1. The Kier molecular flexibility index (Phi) is 2.92. The third kappa shape index (κ3) is 1.94. The molecule has 1 aromatic carbocycles. The summed E-state index contributed by atoms with van der Waals surface area (Å²) < 4.78 is 27.6. The van der Waals surface area contributed by atoms with Crippen LogP contribution in [0.2, 0.25) is 0 Å². The Morgan fingerprint density at radius 3 is 2.62 bits per heavy atom. The van der Waals surface area contributed by atoms with Crippen molar-refractivity contribution in [2.45, 2.75) is 10.8 Å². The molecule has 0 fully saturated rings. The predicted octanol–water partition coefficient (Wildman–Crippen LogP) is 4.19. The average Bonchev–Trinajstić information content (AvgIpc) is 3.17. The lowest BCUT2D eigenvalue weighted by molar-refractivity contribution is 0.592. The number of hydrogen-bond acceptors (Lipinski definition) is 4. The van der Waals surface area contributed by atoms with Gasteiger partial charge < -0.3 is 0 Å². The lowest BCUT2D eigenvalue weighted by Gasteiger charge is -2.29. The fourth-order valence-corrected chi connectivity index (χ4v) is 6.13. The van der Waals surface area contributed by atoms with Gasteiger partial charge in [-0.25, -0.2) is 8.42 Å². The number of rotatable bonds is 2. The van der Waals surface area contributed by atoms with Crippen LogP contribution in [0.1, 0.15) is 5.56 Å². The van der Waals surface area contributed by atoms with Crippen molar-refractivity contribution in [3.63, 3.8) is 0 Å². The van der Waals surface area contributed by atoms with Crippen molar-refractivity contribution < 1.29 is 8.42 Å². The van der Waals surface area contributed by atoms with Crippen LogP contribution in [0.3, 0.4) is 0 Å². The van der Waals surface area contributed by atoms with Gasteiger partial charge in [0.15, 0.2) is 0 Å². The monoisotopic (exact) mass is 333 g/mol. The number of nitrogens with zero attached hydrogens (tertiary/aromatic N) is 1. The Balaban J connectivity index is 1.91. The van der Waals surface area contributed by atoms with Gasteiger partial charge in [0.25, 0.3) is 10.0 Å². The topological polar surface area (TPSA) is 37.4 Å². The van der Waals surface area contributed by atoms with Crippen molar-refractivity contribution in [1.29, 1.82) is 0 Å². The highest BCUT2D eigenvalue weighted by molar-refractivity contribution is 7.94. The van der Waals surface area contributed by atoms with Gasteiger partial charge in [-0.1, -0.05) is 30.3 Å². The molecule has 0 unspecified atom stereocenters. The molecule has 0 saturated carbocycles. The summed E-state index contributed by atoms with van der Waals surface area (Å²) in [6.45, 7) is 0.389. The SMILES string of the molecule is O=S(=O)(c1cccs1)N1Cc2ccccc2-c2sccc21. The molecule has 0 saturated heterocycles. The Morgan fingerprint density at radius 2 is 1.81 bits per heavy atom. The highest BCUT2D eigenvalue weighted by Crippen LogP contribution is 2.45. The van der Waals surface area contributed by atoms with E-state index in [9.17, 15) is 8.42 Å². The fraction of sp³-hybridized carbons (Fsp3) is 0.0667. The average molecular weight is 333 g/mol. The summed E-state index contributed by atoms with van der Waals surface area (Å²) in [7, 11) is -3.49. The second kappa shape index (κ2) is 4.69. The molecule has 0 radical (unpaired) electrons. The van der Waals surface area contributed by atoms with Crippen molar-refractivity contribution in [2.24, 2.45) is 0 Å². The smallest absolute Gasteiger partial charge is 0.260 e. The maximum absolute atomic E-state index is 12.9. The molecule has 0 N–H and O–H groups in total. The quantitative estimate of drug-likeness (QED) is 0.705. The number of fused-ring (bicyclic) bond motifs is 3. The van der Waals surface area contributed by atoms with Crippen LogP contribution in [-0.2, 0) is 16.6 Å². The van der Waals surface area contributed by atoms with Gasteiger partial charge in [-0.2, -0.15) is 0 Å². The summed E-state index contributed by atoms with van der Waals surface area (Å²) in [5, 5.41) is 3.74. The molecule has 0 bridgehead atoms. The van der Waals surface area contributed by atoms with Crippen LogP contribution >= 0.6 is 22.7 Å². The summed E-state index contributed by atoms with van der Waals surface area (Å²) >= 11 is 2.84. The lowest BCUT2D eigenvalue weighted by Crippen LogP contribution is -2.32. The van der Waals surface area contributed by atoms with Gasteiger partial charge in [0, 0.05) is 0 Å². The van der Waals surface area contributed by atoms with Crippen molar-refractivity contribution in [3.05, 3.63) is 58.8 Å². The molecule has 1 aliphatic rings. The van der Waals surface area contributed by atoms with E-state index in [0.29, 0.717) is 10.8 Å². The van der Waals surface area contributed by atoms with E-state index in [4.69, 9.17) is 0 Å². The third-order valence-electron chi connectivity index (χ3n) is 3.53. The van der Waals surface area contributed by atoms with E-state index in [1.54, 1.807) is 28.8 Å². The lowest BCUT2D eigenvalue weighted by atomic mass is 10.0. The van der Waals surface area contributed by atoms with E-state index >= 15 is 0 Å². The molecule has 0 amide bonds. The first-order valence-corrected chi connectivity index (χ1v) is 9.60. The van der Waals surface area contributed by atoms with E-state index < -0.39 is 10.0 Å². The zero-order valence-corrected chi connectivity index (χ0v) is 13.3. The zero-order valence-electron chi connectivity index (χ0n) is 10.9. The van der Waals surface area contributed by atoms with Crippen LogP contribution < -0.4 is 4.31 Å². The molecule has 0 atom stereocenters. The minimum absolute atomic E-state index is 0.388. The Hall–Kier alpha value is -1.63. The normalized spacial score (nSPS) is 13.8. The van der Waals surface area contributed by atoms with Gasteiger partial charge in [-0.05, 0) is 34.0 Å². The van der Waals surface area contributed by atoms with Crippen molar-refractivity contribution in [3.8, 4) is 10.4 Å². The van der Waals surface area contributed by atoms with Crippen LogP contribution in [0, 0.1) is 0 Å². The minimum atomic E-state index is -3.49. The molecule has 3 aromatic rings. The number of hydrogen-bond donors (Lipinski definition) is 0. The van der Waals surface area contributed by atoms with E-state index in [0.717, 1.165) is 21.7 Å². The zero-order chi connectivity index (χ0) is 14.4. The van der Waals surface area contributed by atoms with Crippen molar-refractivity contribution in [1.82, 2.24) is 0 Å². The van der Waals surface area contributed by atoms with Gasteiger partial charge >= 0.3 is 0 Å². The van der Waals surface area contributed by atoms with E-state index in [1.165, 1.54) is 15.6 Å². The highest BCUT2D eigenvalue weighted by atomic mass is 32.2. The van der Waals surface area contributed by atoms with Gasteiger partial charge in [0.05, 0.1) is 17.1 Å². The molecule has 3 nitrogen and oxygen atoms in total. The standard InChI is InChI=1S/C15H11NO2S3/c17-21(18,14-6-3-8-19-14)16-10-11-4-1-2-5-12(11)15-13(16)7-9-20-15/h1-9H,10H2. The summed E-state index contributed by atoms with van der Waals surface area (Å²) in [6, 6.07) is 13.3. The first-order chi connectivity index (χ1) is 10.2. The highest BCUT2D eigenvalue weighted by Gasteiger charge is 2.32.